The van der Waals surface area contributed by atoms with E-state index in [0.29, 0.717) is 6.42 Å². The van der Waals surface area contributed by atoms with Crippen LogP contribution in [-0.2, 0) is 16.0 Å². The van der Waals surface area contributed by atoms with Gasteiger partial charge >= 0.3 is 0 Å². The number of carbonyl (C=O) groups excluding carboxylic acids is 2. The third kappa shape index (κ3) is 3.55. The number of amides is 2. The molecule has 26 heavy (non-hydrogen) atoms. The second-order valence-corrected chi connectivity index (χ2v) is 7.81. The first kappa shape index (κ1) is 17.3. The van der Waals surface area contributed by atoms with Crippen molar-refractivity contribution < 1.29 is 9.59 Å². The quantitative estimate of drug-likeness (QED) is 0.815. The fourth-order valence-electron chi connectivity index (χ4n) is 4.59. The second kappa shape index (κ2) is 7.65. The maximum Gasteiger partial charge on any atom is 0.245 e. The number of rotatable bonds is 5. The van der Waals surface area contributed by atoms with E-state index >= 15 is 0 Å². The number of fused-ring (bicyclic) bond motifs is 1. The van der Waals surface area contributed by atoms with Crippen molar-refractivity contribution in [2.45, 2.75) is 57.4 Å². The minimum atomic E-state index is -0.199. The predicted molar refractivity (Wildman–Crippen MR) is 103 cm³/mol. The maximum atomic E-state index is 12.7. The normalized spacial score (nSPS) is 21.8. The van der Waals surface area contributed by atoms with Gasteiger partial charge in [0.15, 0.2) is 0 Å². The van der Waals surface area contributed by atoms with Crippen molar-refractivity contribution in [2.24, 2.45) is 0 Å². The van der Waals surface area contributed by atoms with E-state index in [1.807, 2.05) is 9.80 Å². The molecule has 0 radical (unpaired) electrons. The summed E-state index contributed by atoms with van der Waals surface area (Å²) in [5.41, 5.74) is 4.14. The van der Waals surface area contributed by atoms with Crippen LogP contribution in [0.5, 0.6) is 0 Å². The summed E-state index contributed by atoms with van der Waals surface area (Å²) in [6, 6.07) is 8.31. The van der Waals surface area contributed by atoms with Crippen molar-refractivity contribution in [3.63, 3.8) is 0 Å². The van der Waals surface area contributed by atoms with Crippen molar-refractivity contribution in [3.05, 3.63) is 41.0 Å². The molecule has 2 saturated heterocycles. The second-order valence-electron chi connectivity index (χ2n) is 7.81. The third-order valence-electron chi connectivity index (χ3n) is 6.00. The molecule has 1 aromatic carbocycles. The third-order valence-corrected chi connectivity index (χ3v) is 6.00. The van der Waals surface area contributed by atoms with Gasteiger partial charge in [-0.2, -0.15) is 0 Å². The lowest BCUT2D eigenvalue weighted by Gasteiger charge is -2.27. The van der Waals surface area contributed by atoms with E-state index in [2.05, 4.69) is 30.3 Å². The first-order valence-corrected chi connectivity index (χ1v) is 10.1. The van der Waals surface area contributed by atoms with E-state index in [4.69, 9.17) is 0 Å². The SMILES string of the molecule is O=C([C@@H]1CCCN1C(=O)CCCC1=Cc2ccccc2C1)N1CCCC1. The molecule has 1 aliphatic carbocycles. The van der Waals surface area contributed by atoms with E-state index in [0.717, 1.165) is 64.6 Å². The highest BCUT2D eigenvalue weighted by Crippen LogP contribution is 2.28. The van der Waals surface area contributed by atoms with E-state index in [1.54, 1.807) is 0 Å². The van der Waals surface area contributed by atoms with Gasteiger partial charge in [0.1, 0.15) is 6.04 Å². The number of hydrogen-bond acceptors (Lipinski definition) is 2. The molecule has 4 rings (SSSR count). The molecule has 0 spiro atoms. The van der Waals surface area contributed by atoms with E-state index in [-0.39, 0.29) is 17.9 Å². The van der Waals surface area contributed by atoms with E-state index in [9.17, 15) is 9.59 Å². The lowest BCUT2D eigenvalue weighted by molar-refractivity contribution is -0.143. The molecule has 4 nitrogen and oxygen atoms in total. The molecule has 0 bridgehead atoms. The van der Waals surface area contributed by atoms with Gasteiger partial charge in [0.05, 0.1) is 0 Å². The molecule has 2 amide bonds. The average Bonchev–Trinajstić information content (AvgIpc) is 3.40. The van der Waals surface area contributed by atoms with Crippen molar-refractivity contribution in [1.82, 2.24) is 9.80 Å². The summed E-state index contributed by atoms with van der Waals surface area (Å²) < 4.78 is 0. The zero-order valence-electron chi connectivity index (χ0n) is 15.5. The minimum Gasteiger partial charge on any atom is -0.341 e. The van der Waals surface area contributed by atoms with Gasteiger partial charge in [-0.25, -0.2) is 0 Å². The summed E-state index contributed by atoms with van der Waals surface area (Å²) in [7, 11) is 0. The zero-order chi connectivity index (χ0) is 17.9. The lowest BCUT2D eigenvalue weighted by atomic mass is 10.1. The van der Waals surface area contributed by atoms with Crippen molar-refractivity contribution >= 4 is 17.9 Å². The average molecular weight is 352 g/mol. The van der Waals surface area contributed by atoms with Crippen LogP contribution in [0.1, 0.15) is 56.1 Å². The Bertz CT molecular complexity index is 719. The number of hydrogen-bond donors (Lipinski definition) is 0. The Kier molecular flexibility index (Phi) is 5.09. The Balaban J connectivity index is 1.27. The van der Waals surface area contributed by atoms with Gasteiger partial charge in [-0.1, -0.05) is 35.9 Å². The Morgan fingerprint density at radius 3 is 2.65 bits per heavy atom. The first-order chi connectivity index (χ1) is 12.7. The zero-order valence-corrected chi connectivity index (χ0v) is 15.5. The molecule has 0 saturated carbocycles. The van der Waals surface area contributed by atoms with Crippen molar-refractivity contribution in [3.8, 4) is 0 Å². The standard InChI is InChI=1S/C22H28N2O2/c25-21(11-5-7-17-15-18-8-1-2-9-19(18)16-17)24-14-6-10-20(24)22(26)23-12-3-4-13-23/h1-2,8-9,15,20H,3-7,10-14,16H2/t20-/m0/s1. The van der Waals surface area contributed by atoms with Crippen LogP contribution >= 0.6 is 0 Å². The monoisotopic (exact) mass is 352 g/mol. The Labute approximate surface area is 155 Å². The van der Waals surface area contributed by atoms with Gasteiger partial charge in [0.25, 0.3) is 0 Å². The molecule has 0 unspecified atom stereocenters. The van der Waals surface area contributed by atoms with Crippen LogP contribution in [0.25, 0.3) is 6.08 Å². The fraction of sp³-hybridized carbons (Fsp3) is 0.545. The highest BCUT2D eigenvalue weighted by molar-refractivity contribution is 5.88. The minimum absolute atomic E-state index is 0.163. The Morgan fingerprint density at radius 2 is 1.85 bits per heavy atom. The van der Waals surface area contributed by atoms with Gasteiger partial charge in [0, 0.05) is 26.1 Å². The molecule has 2 fully saturated rings. The summed E-state index contributed by atoms with van der Waals surface area (Å²) in [6.45, 7) is 2.48. The molecule has 0 N–H and O–H groups in total. The first-order valence-electron chi connectivity index (χ1n) is 10.1. The van der Waals surface area contributed by atoms with Gasteiger partial charge in [-0.05, 0) is 56.1 Å². The molecular weight excluding hydrogens is 324 g/mol. The van der Waals surface area contributed by atoms with Crippen LogP contribution in [0.2, 0.25) is 0 Å². The topological polar surface area (TPSA) is 40.6 Å². The molecule has 138 valence electrons. The molecule has 4 heteroatoms. The fourth-order valence-corrected chi connectivity index (χ4v) is 4.59. The number of carbonyl (C=O) groups is 2. The van der Waals surface area contributed by atoms with Crippen LogP contribution in [0.15, 0.2) is 29.8 Å². The van der Waals surface area contributed by atoms with Crippen LogP contribution < -0.4 is 0 Å². The van der Waals surface area contributed by atoms with Crippen molar-refractivity contribution in [1.29, 1.82) is 0 Å². The van der Waals surface area contributed by atoms with Crippen LogP contribution in [0, 0.1) is 0 Å². The van der Waals surface area contributed by atoms with Crippen LogP contribution in [0.4, 0.5) is 0 Å². The van der Waals surface area contributed by atoms with Crippen LogP contribution in [0.3, 0.4) is 0 Å². The highest BCUT2D eigenvalue weighted by Gasteiger charge is 2.36. The van der Waals surface area contributed by atoms with Gasteiger partial charge in [-0.3, -0.25) is 9.59 Å². The van der Waals surface area contributed by atoms with E-state index in [1.165, 1.54) is 16.7 Å². The summed E-state index contributed by atoms with van der Waals surface area (Å²) in [4.78, 5) is 29.2. The van der Waals surface area contributed by atoms with Crippen molar-refractivity contribution in [2.75, 3.05) is 19.6 Å². The molecule has 2 heterocycles. The molecule has 1 aromatic rings. The molecule has 2 aliphatic heterocycles. The molecular formula is C22H28N2O2. The van der Waals surface area contributed by atoms with E-state index < -0.39 is 0 Å². The molecule has 1 atom stereocenters. The Morgan fingerprint density at radius 1 is 1.04 bits per heavy atom. The molecule has 3 aliphatic rings. The van der Waals surface area contributed by atoms with Gasteiger partial charge in [-0.15, -0.1) is 0 Å². The van der Waals surface area contributed by atoms with Gasteiger partial charge in [0.2, 0.25) is 11.8 Å². The largest absolute Gasteiger partial charge is 0.341 e. The van der Waals surface area contributed by atoms with Crippen LogP contribution in [-0.4, -0.2) is 47.3 Å². The summed E-state index contributed by atoms with van der Waals surface area (Å²) in [5, 5.41) is 0. The highest BCUT2D eigenvalue weighted by atomic mass is 16.2. The molecule has 0 aromatic heterocycles. The Hall–Kier alpha value is -2.10. The number of allylic oxidation sites excluding steroid dienone is 1. The summed E-state index contributed by atoms with van der Waals surface area (Å²) >= 11 is 0. The summed E-state index contributed by atoms with van der Waals surface area (Å²) in [6.07, 6.45) is 9.68. The maximum absolute atomic E-state index is 12.7. The lowest BCUT2D eigenvalue weighted by Crippen LogP contribution is -2.46. The summed E-state index contributed by atoms with van der Waals surface area (Å²) in [5.74, 6) is 0.346. The predicted octanol–water partition coefficient (Wildman–Crippen LogP) is 3.41. The number of benzene rings is 1. The number of likely N-dealkylation sites (tertiary alicyclic amines) is 2. The smallest absolute Gasteiger partial charge is 0.245 e. The van der Waals surface area contributed by atoms with Gasteiger partial charge < -0.3 is 9.80 Å². The number of nitrogens with zero attached hydrogens (tertiary/aromatic N) is 2.